The molecule has 0 amide bonds. The smallest absolute Gasteiger partial charge is 0.181 e. The van der Waals surface area contributed by atoms with Crippen LogP contribution in [-0.2, 0) is 18.2 Å². The van der Waals surface area contributed by atoms with E-state index in [0.717, 1.165) is 22.3 Å². The van der Waals surface area contributed by atoms with Crippen molar-refractivity contribution < 1.29 is 4.42 Å². The molecule has 0 bridgehead atoms. The lowest BCUT2D eigenvalue weighted by Crippen LogP contribution is -1.86. The molecule has 3 rings (SSSR count). The second-order valence-corrected chi connectivity index (χ2v) is 4.66. The molecule has 0 atom stereocenters. The van der Waals surface area contributed by atoms with Crippen LogP contribution in [0.3, 0.4) is 0 Å². The Labute approximate surface area is 103 Å². The summed E-state index contributed by atoms with van der Waals surface area (Å²) in [4.78, 5) is 4.19. The highest BCUT2D eigenvalue weighted by Crippen LogP contribution is 2.30. The van der Waals surface area contributed by atoms with Crippen molar-refractivity contribution >= 4 is 15.9 Å². The van der Waals surface area contributed by atoms with E-state index < -0.39 is 0 Å². The quantitative estimate of drug-likeness (QED) is 0.782. The summed E-state index contributed by atoms with van der Waals surface area (Å²) < 4.78 is 5.46. The summed E-state index contributed by atoms with van der Waals surface area (Å²) in [7, 11) is 0. The van der Waals surface area contributed by atoms with Crippen molar-refractivity contribution in [1.29, 1.82) is 0 Å². The Balaban J connectivity index is 2.07. The van der Waals surface area contributed by atoms with Crippen molar-refractivity contribution in [2.75, 3.05) is 0 Å². The van der Waals surface area contributed by atoms with Crippen LogP contribution in [0.5, 0.6) is 0 Å². The lowest BCUT2D eigenvalue weighted by atomic mass is 10.0. The Kier molecular flexibility index (Phi) is 2.56. The van der Waals surface area contributed by atoms with Crippen molar-refractivity contribution in [3.63, 3.8) is 0 Å². The van der Waals surface area contributed by atoms with Crippen LogP contribution in [0.25, 0.3) is 11.3 Å². The van der Waals surface area contributed by atoms with Gasteiger partial charge in [-0.05, 0) is 36.5 Å². The Morgan fingerprint density at radius 3 is 3.00 bits per heavy atom. The molecule has 0 unspecified atom stereocenters. The van der Waals surface area contributed by atoms with E-state index in [4.69, 9.17) is 4.42 Å². The molecule has 16 heavy (non-hydrogen) atoms. The molecule has 2 aromatic rings. The molecule has 1 aliphatic rings. The molecule has 0 fully saturated rings. The van der Waals surface area contributed by atoms with Crippen LogP contribution in [-0.4, -0.2) is 4.98 Å². The zero-order valence-electron chi connectivity index (χ0n) is 8.87. The molecule has 1 aromatic carbocycles. The van der Waals surface area contributed by atoms with Crippen molar-refractivity contribution in [2.45, 2.75) is 24.6 Å². The summed E-state index contributed by atoms with van der Waals surface area (Å²) in [5.41, 5.74) is 5.07. The Hall–Kier alpha value is -1.09. The first-order valence-electron chi connectivity index (χ1n) is 5.49. The normalized spacial score (nSPS) is 14.1. The number of nitrogens with zero attached hydrogens (tertiary/aromatic N) is 1. The maximum atomic E-state index is 5.46. The van der Waals surface area contributed by atoms with Crippen LogP contribution in [0.4, 0.5) is 0 Å². The maximum absolute atomic E-state index is 5.46. The number of hydrogen-bond acceptors (Lipinski definition) is 2. The van der Waals surface area contributed by atoms with Gasteiger partial charge in [0.2, 0.25) is 0 Å². The van der Waals surface area contributed by atoms with E-state index in [2.05, 4.69) is 39.1 Å². The topological polar surface area (TPSA) is 26.0 Å². The van der Waals surface area contributed by atoms with E-state index in [1.165, 1.54) is 36.8 Å². The molecule has 0 spiro atoms. The predicted molar refractivity (Wildman–Crippen MR) is 66.6 cm³/mol. The van der Waals surface area contributed by atoms with Gasteiger partial charge in [0.25, 0.3) is 0 Å². The van der Waals surface area contributed by atoms with E-state index in [0.29, 0.717) is 0 Å². The highest BCUT2D eigenvalue weighted by Gasteiger charge is 2.14. The van der Waals surface area contributed by atoms with Gasteiger partial charge in [-0.3, -0.25) is 0 Å². The molecule has 82 valence electrons. The van der Waals surface area contributed by atoms with Crippen molar-refractivity contribution in [3.05, 3.63) is 41.4 Å². The van der Waals surface area contributed by atoms with Crippen molar-refractivity contribution in [1.82, 2.24) is 4.98 Å². The van der Waals surface area contributed by atoms with Gasteiger partial charge in [-0.1, -0.05) is 28.1 Å². The Morgan fingerprint density at radius 1 is 1.25 bits per heavy atom. The second kappa shape index (κ2) is 4.06. The number of alkyl halides is 1. The van der Waals surface area contributed by atoms with E-state index in [1.54, 1.807) is 0 Å². The van der Waals surface area contributed by atoms with E-state index in [9.17, 15) is 0 Å². The minimum Gasteiger partial charge on any atom is -0.443 e. The minimum absolute atomic E-state index is 0.732. The fraction of sp³-hybridized carbons (Fsp3) is 0.308. The number of aromatic nitrogens is 1. The van der Waals surface area contributed by atoms with Crippen molar-refractivity contribution in [3.8, 4) is 11.3 Å². The van der Waals surface area contributed by atoms with Crippen LogP contribution >= 0.6 is 15.9 Å². The SMILES string of the molecule is BrCc1ncoc1-c1ccc2c(c1)CCC2. The standard InChI is InChI=1S/C13H12BrNO/c14-7-12-13(16-8-15-12)11-5-4-9-2-1-3-10(9)6-11/h4-6,8H,1-3,7H2. The molecule has 0 radical (unpaired) electrons. The van der Waals surface area contributed by atoms with Gasteiger partial charge in [0.15, 0.2) is 12.2 Å². The average Bonchev–Trinajstić information content (AvgIpc) is 2.96. The van der Waals surface area contributed by atoms with Gasteiger partial charge in [0, 0.05) is 10.9 Å². The fourth-order valence-electron chi connectivity index (χ4n) is 2.31. The summed E-state index contributed by atoms with van der Waals surface area (Å²) in [5.74, 6) is 0.895. The molecule has 0 N–H and O–H groups in total. The number of hydrogen-bond donors (Lipinski definition) is 0. The molecule has 0 saturated heterocycles. The molecule has 1 aliphatic carbocycles. The zero-order chi connectivity index (χ0) is 11.0. The third kappa shape index (κ3) is 1.59. The second-order valence-electron chi connectivity index (χ2n) is 4.10. The van der Waals surface area contributed by atoms with Crippen LogP contribution in [0.1, 0.15) is 23.2 Å². The summed E-state index contributed by atoms with van der Waals surface area (Å²) in [6, 6.07) is 6.60. The van der Waals surface area contributed by atoms with Gasteiger partial charge in [-0.25, -0.2) is 4.98 Å². The van der Waals surface area contributed by atoms with Gasteiger partial charge in [0.05, 0.1) is 5.69 Å². The number of fused-ring (bicyclic) bond motifs is 1. The average molecular weight is 278 g/mol. The molecule has 3 heteroatoms. The first-order chi connectivity index (χ1) is 7.88. The molecule has 0 saturated carbocycles. The summed E-state index contributed by atoms with van der Waals surface area (Å²) in [6.07, 6.45) is 5.21. The summed E-state index contributed by atoms with van der Waals surface area (Å²) in [5, 5.41) is 0.732. The number of benzene rings is 1. The lowest BCUT2D eigenvalue weighted by Gasteiger charge is -2.03. The Morgan fingerprint density at radius 2 is 2.12 bits per heavy atom. The van der Waals surface area contributed by atoms with Gasteiger partial charge in [-0.2, -0.15) is 0 Å². The van der Waals surface area contributed by atoms with Gasteiger partial charge < -0.3 is 4.42 Å². The molecule has 1 aromatic heterocycles. The van der Waals surface area contributed by atoms with E-state index in [1.807, 2.05) is 0 Å². The maximum Gasteiger partial charge on any atom is 0.181 e. The number of halogens is 1. The van der Waals surface area contributed by atoms with E-state index >= 15 is 0 Å². The van der Waals surface area contributed by atoms with Gasteiger partial charge in [-0.15, -0.1) is 0 Å². The van der Waals surface area contributed by atoms with E-state index in [-0.39, 0.29) is 0 Å². The zero-order valence-corrected chi connectivity index (χ0v) is 10.5. The van der Waals surface area contributed by atoms with Crippen LogP contribution in [0, 0.1) is 0 Å². The summed E-state index contributed by atoms with van der Waals surface area (Å²) in [6.45, 7) is 0. The lowest BCUT2D eigenvalue weighted by molar-refractivity contribution is 0.571. The monoisotopic (exact) mass is 277 g/mol. The number of oxazole rings is 1. The van der Waals surface area contributed by atoms with Gasteiger partial charge in [0.1, 0.15) is 0 Å². The molecular formula is C13H12BrNO. The summed E-state index contributed by atoms with van der Waals surface area (Å²) >= 11 is 3.42. The number of aryl methyl sites for hydroxylation is 2. The van der Waals surface area contributed by atoms with Gasteiger partial charge >= 0.3 is 0 Å². The highest BCUT2D eigenvalue weighted by molar-refractivity contribution is 9.08. The minimum atomic E-state index is 0.732. The van der Waals surface area contributed by atoms with Crippen LogP contribution in [0.2, 0.25) is 0 Å². The largest absolute Gasteiger partial charge is 0.443 e. The van der Waals surface area contributed by atoms with Crippen molar-refractivity contribution in [2.24, 2.45) is 0 Å². The highest BCUT2D eigenvalue weighted by atomic mass is 79.9. The first-order valence-corrected chi connectivity index (χ1v) is 6.61. The fourth-order valence-corrected chi connectivity index (χ4v) is 2.71. The predicted octanol–water partition coefficient (Wildman–Crippen LogP) is 3.73. The molecule has 2 nitrogen and oxygen atoms in total. The number of rotatable bonds is 2. The molecular weight excluding hydrogens is 266 g/mol. The third-order valence-electron chi connectivity index (χ3n) is 3.13. The van der Waals surface area contributed by atoms with Crippen LogP contribution in [0.15, 0.2) is 29.0 Å². The molecule has 1 heterocycles. The molecule has 0 aliphatic heterocycles. The Bertz CT molecular complexity index is 518. The third-order valence-corrected chi connectivity index (χ3v) is 3.66. The van der Waals surface area contributed by atoms with Crippen LogP contribution < -0.4 is 0 Å². The first kappa shape index (κ1) is 10.1.